The molecule has 0 bridgehead atoms. The van der Waals surface area contributed by atoms with Crippen LogP contribution in [0.5, 0.6) is 0 Å². The smallest absolute Gasteiger partial charge is 0.0427 e. The van der Waals surface area contributed by atoms with Crippen molar-refractivity contribution in [2.24, 2.45) is 0 Å². The second-order valence-electron chi connectivity index (χ2n) is 7.05. The van der Waals surface area contributed by atoms with E-state index in [-0.39, 0.29) is 0 Å². The first-order chi connectivity index (χ1) is 12.6. The molecule has 1 heteroatoms. The minimum absolute atomic E-state index is 0.901. The van der Waals surface area contributed by atoms with Crippen molar-refractivity contribution in [3.05, 3.63) is 113 Å². The second kappa shape index (κ2) is 8.53. The third-order valence-corrected chi connectivity index (χ3v) is 4.62. The fourth-order valence-corrected chi connectivity index (χ4v) is 3.05. The van der Waals surface area contributed by atoms with Crippen molar-refractivity contribution in [2.45, 2.75) is 33.9 Å². The molecule has 3 aromatic carbocycles. The van der Waals surface area contributed by atoms with Crippen LogP contribution in [-0.4, -0.2) is 4.90 Å². The minimum atomic E-state index is 0.901. The molecule has 3 rings (SSSR count). The van der Waals surface area contributed by atoms with Crippen molar-refractivity contribution < 1.29 is 0 Å². The molecule has 0 aliphatic carbocycles. The van der Waals surface area contributed by atoms with Crippen molar-refractivity contribution in [1.29, 1.82) is 0 Å². The van der Waals surface area contributed by atoms with E-state index in [0.717, 1.165) is 13.1 Å². The average molecular weight is 341 g/mol. The topological polar surface area (TPSA) is 3.24 Å². The van der Waals surface area contributed by atoms with Crippen LogP contribution in [0.1, 0.15) is 34.7 Å². The number of hydrogen-bond donors (Lipinski definition) is 0. The normalized spacial score (nSPS) is 11.4. The fourth-order valence-electron chi connectivity index (χ4n) is 3.05. The number of rotatable bonds is 6. The Hall–Kier alpha value is -2.80. The van der Waals surface area contributed by atoms with E-state index in [1.165, 1.54) is 33.4 Å². The summed E-state index contributed by atoms with van der Waals surface area (Å²) in [5.41, 5.74) is 7.82. The summed E-state index contributed by atoms with van der Waals surface area (Å²) in [7, 11) is 0. The molecule has 3 aromatic rings. The molecule has 0 amide bonds. The zero-order valence-corrected chi connectivity index (χ0v) is 15.9. The van der Waals surface area contributed by atoms with Gasteiger partial charge in [0.1, 0.15) is 0 Å². The Kier molecular flexibility index (Phi) is 5.91. The van der Waals surface area contributed by atoms with Gasteiger partial charge in [-0.05, 0) is 43.0 Å². The molecule has 26 heavy (non-hydrogen) atoms. The summed E-state index contributed by atoms with van der Waals surface area (Å²) in [6, 6.07) is 28.2. The van der Waals surface area contributed by atoms with Gasteiger partial charge in [-0.3, -0.25) is 0 Å². The molecule has 0 fully saturated rings. The predicted octanol–water partition coefficient (Wildman–Crippen LogP) is 6.37. The van der Waals surface area contributed by atoms with Gasteiger partial charge in [0, 0.05) is 19.3 Å². The van der Waals surface area contributed by atoms with Crippen LogP contribution < -0.4 is 0 Å². The SMILES string of the molecule is CC(=CN(Cc1ccc(C)cc1)Cc1ccc(C)cc1)c1ccccc1. The predicted molar refractivity (Wildman–Crippen MR) is 112 cm³/mol. The maximum absolute atomic E-state index is 2.40. The van der Waals surface area contributed by atoms with E-state index >= 15 is 0 Å². The molecule has 0 atom stereocenters. The van der Waals surface area contributed by atoms with E-state index in [9.17, 15) is 0 Å². The van der Waals surface area contributed by atoms with Crippen LogP contribution in [0.25, 0.3) is 5.57 Å². The lowest BCUT2D eigenvalue weighted by molar-refractivity contribution is 0.363. The lowest BCUT2D eigenvalue weighted by atomic mass is 10.1. The van der Waals surface area contributed by atoms with Gasteiger partial charge in [0.2, 0.25) is 0 Å². The summed E-state index contributed by atoms with van der Waals surface area (Å²) in [5.74, 6) is 0. The van der Waals surface area contributed by atoms with E-state index in [4.69, 9.17) is 0 Å². The van der Waals surface area contributed by atoms with Crippen molar-refractivity contribution in [1.82, 2.24) is 4.90 Å². The van der Waals surface area contributed by atoms with E-state index in [1.807, 2.05) is 0 Å². The lowest BCUT2D eigenvalue weighted by Crippen LogP contribution is -2.17. The quantitative estimate of drug-likeness (QED) is 0.504. The first kappa shape index (κ1) is 18.0. The van der Waals surface area contributed by atoms with E-state index in [2.05, 4.69) is 111 Å². The molecular weight excluding hydrogens is 314 g/mol. The molecule has 0 aliphatic heterocycles. The third-order valence-electron chi connectivity index (χ3n) is 4.62. The van der Waals surface area contributed by atoms with Crippen LogP contribution in [0, 0.1) is 13.8 Å². The Morgan fingerprint density at radius 1 is 0.692 bits per heavy atom. The highest BCUT2D eigenvalue weighted by molar-refractivity contribution is 5.63. The Balaban J connectivity index is 1.84. The summed E-state index contributed by atoms with van der Waals surface area (Å²) >= 11 is 0. The Bertz CT molecular complexity index is 795. The first-order valence-electron chi connectivity index (χ1n) is 9.19. The highest BCUT2D eigenvalue weighted by Crippen LogP contribution is 2.18. The Morgan fingerprint density at radius 2 is 1.15 bits per heavy atom. The number of hydrogen-bond acceptors (Lipinski definition) is 1. The van der Waals surface area contributed by atoms with Gasteiger partial charge in [-0.25, -0.2) is 0 Å². The van der Waals surface area contributed by atoms with Crippen LogP contribution in [0.3, 0.4) is 0 Å². The zero-order chi connectivity index (χ0) is 18.4. The second-order valence-corrected chi connectivity index (χ2v) is 7.05. The average Bonchev–Trinajstić information content (AvgIpc) is 2.66. The zero-order valence-electron chi connectivity index (χ0n) is 15.9. The highest BCUT2D eigenvalue weighted by Gasteiger charge is 2.06. The lowest BCUT2D eigenvalue weighted by Gasteiger charge is -2.22. The summed E-state index contributed by atoms with van der Waals surface area (Å²) in [4.78, 5) is 2.40. The monoisotopic (exact) mass is 341 g/mol. The minimum Gasteiger partial charge on any atom is -0.369 e. The maximum Gasteiger partial charge on any atom is 0.0427 e. The molecule has 0 spiro atoms. The highest BCUT2D eigenvalue weighted by atomic mass is 15.1. The summed E-state index contributed by atoms with van der Waals surface area (Å²) in [6.07, 6.45) is 2.29. The van der Waals surface area contributed by atoms with Crippen LogP contribution >= 0.6 is 0 Å². The van der Waals surface area contributed by atoms with Gasteiger partial charge in [0.05, 0.1) is 0 Å². The third kappa shape index (κ3) is 5.10. The van der Waals surface area contributed by atoms with Crippen LogP contribution in [0.2, 0.25) is 0 Å². The summed E-state index contributed by atoms with van der Waals surface area (Å²) < 4.78 is 0. The summed E-state index contributed by atoms with van der Waals surface area (Å²) in [6.45, 7) is 8.25. The molecule has 0 aliphatic rings. The van der Waals surface area contributed by atoms with Gasteiger partial charge < -0.3 is 4.90 Å². The molecule has 0 saturated carbocycles. The molecule has 1 nitrogen and oxygen atoms in total. The van der Waals surface area contributed by atoms with Crippen LogP contribution in [-0.2, 0) is 13.1 Å². The van der Waals surface area contributed by atoms with Gasteiger partial charge in [-0.15, -0.1) is 0 Å². The molecule has 0 radical (unpaired) electrons. The fraction of sp³-hybridized carbons (Fsp3) is 0.200. The van der Waals surface area contributed by atoms with E-state index in [1.54, 1.807) is 0 Å². The maximum atomic E-state index is 2.40. The van der Waals surface area contributed by atoms with Gasteiger partial charge in [0.15, 0.2) is 0 Å². The molecule has 0 heterocycles. The molecule has 0 unspecified atom stereocenters. The number of aryl methyl sites for hydroxylation is 2. The van der Waals surface area contributed by atoms with Crippen LogP contribution in [0.4, 0.5) is 0 Å². The molecule has 132 valence electrons. The first-order valence-corrected chi connectivity index (χ1v) is 9.19. The molecule has 0 N–H and O–H groups in total. The Morgan fingerprint density at radius 3 is 1.62 bits per heavy atom. The number of allylic oxidation sites excluding steroid dienone is 1. The molecule has 0 aromatic heterocycles. The van der Waals surface area contributed by atoms with E-state index < -0.39 is 0 Å². The summed E-state index contributed by atoms with van der Waals surface area (Å²) in [5, 5.41) is 0. The van der Waals surface area contributed by atoms with Crippen molar-refractivity contribution >= 4 is 5.57 Å². The van der Waals surface area contributed by atoms with Gasteiger partial charge in [-0.2, -0.15) is 0 Å². The van der Waals surface area contributed by atoms with Crippen molar-refractivity contribution in [2.75, 3.05) is 0 Å². The van der Waals surface area contributed by atoms with Gasteiger partial charge in [-0.1, -0.05) is 90.0 Å². The molecule has 0 saturated heterocycles. The van der Waals surface area contributed by atoms with Gasteiger partial charge in [0.25, 0.3) is 0 Å². The number of benzene rings is 3. The van der Waals surface area contributed by atoms with Crippen molar-refractivity contribution in [3.8, 4) is 0 Å². The van der Waals surface area contributed by atoms with Crippen molar-refractivity contribution in [3.63, 3.8) is 0 Å². The van der Waals surface area contributed by atoms with E-state index in [0.29, 0.717) is 0 Å². The van der Waals surface area contributed by atoms with Gasteiger partial charge >= 0.3 is 0 Å². The molecular formula is C25H27N. The largest absolute Gasteiger partial charge is 0.369 e. The standard InChI is InChI=1S/C25H27N/c1-20-9-13-23(14-10-20)18-26(19-24-15-11-21(2)12-16-24)17-22(3)25-7-5-4-6-8-25/h4-17H,18-19H2,1-3H3. The Labute approximate surface area is 157 Å². The van der Waals surface area contributed by atoms with Crippen LogP contribution in [0.15, 0.2) is 85.1 Å². The number of nitrogens with zero attached hydrogens (tertiary/aromatic N) is 1.